The van der Waals surface area contributed by atoms with Gasteiger partial charge in [-0.05, 0) is 49.5 Å². The Labute approximate surface area is 109 Å². The van der Waals surface area contributed by atoms with Gasteiger partial charge in [-0.15, -0.1) is 0 Å². The standard InChI is InChI=1S/C14H23N3O/c1-18-11-12-4-8-17(9-5-12)14(10-15)13-2-6-16-7-3-13/h2-3,6-7,12,14H,4-5,8-11,15H2,1H3. The lowest BCUT2D eigenvalue weighted by Crippen LogP contribution is -2.40. The highest BCUT2D eigenvalue weighted by molar-refractivity contribution is 5.15. The van der Waals surface area contributed by atoms with Crippen LogP contribution in [-0.4, -0.2) is 43.2 Å². The Bertz CT molecular complexity index is 336. The number of hydrogen-bond acceptors (Lipinski definition) is 4. The summed E-state index contributed by atoms with van der Waals surface area (Å²) >= 11 is 0. The minimum absolute atomic E-state index is 0.330. The smallest absolute Gasteiger partial charge is 0.0491 e. The molecular formula is C14H23N3O. The van der Waals surface area contributed by atoms with E-state index in [4.69, 9.17) is 10.5 Å². The molecule has 0 amide bonds. The lowest BCUT2D eigenvalue weighted by atomic mass is 9.95. The molecule has 1 aromatic heterocycles. The number of piperidine rings is 1. The molecule has 2 rings (SSSR count). The highest BCUT2D eigenvalue weighted by Crippen LogP contribution is 2.25. The van der Waals surface area contributed by atoms with E-state index in [0.29, 0.717) is 18.5 Å². The first kappa shape index (κ1) is 13.5. The Hall–Kier alpha value is -0.970. The number of likely N-dealkylation sites (tertiary alicyclic amines) is 1. The fourth-order valence-electron chi connectivity index (χ4n) is 2.75. The summed E-state index contributed by atoms with van der Waals surface area (Å²) in [4.78, 5) is 6.56. The second-order valence-corrected chi connectivity index (χ2v) is 4.97. The third-order valence-corrected chi connectivity index (χ3v) is 3.81. The van der Waals surface area contributed by atoms with Crippen molar-refractivity contribution in [3.05, 3.63) is 30.1 Å². The van der Waals surface area contributed by atoms with Gasteiger partial charge in [-0.1, -0.05) is 0 Å². The van der Waals surface area contributed by atoms with Crippen LogP contribution < -0.4 is 5.73 Å². The van der Waals surface area contributed by atoms with Crippen molar-refractivity contribution >= 4 is 0 Å². The molecule has 0 saturated carbocycles. The third kappa shape index (κ3) is 3.28. The van der Waals surface area contributed by atoms with Gasteiger partial charge in [0.2, 0.25) is 0 Å². The molecule has 1 unspecified atom stereocenters. The van der Waals surface area contributed by atoms with Crippen molar-refractivity contribution in [2.24, 2.45) is 11.7 Å². The Morgan fingerprint density at radius 3 is 2.61 bits per heavy atom. The fraction of sp³-hybridized carbons (Fsp3) is 0.643. The van der Waals surface area contributed by atoms with Gasteiger partial charge in [-0.3, -0.25) is 9.88 Å². The molecule has 100 valence electrons. The number of aromatic nitrogens is 1. The molecule has 2 N–H and O–H groups in total. The van der Waals surface area contributed by atoms with Crippen LogP contribution in [0.4, 0.5) is 0 Å². The number of pyridine rings is 1. The largest absolute Gasteiger partial charge is 0.384 e. The van der Waals surface area contributed by atoms with Gasteiger partial charge in [0.1, 0.15) is 0 Å². The summed E-state index contributed by atoms with van der Waals surface area (Å²) in [5.74, 6) is 0.710. The van der Waals surface area contributed by atoms with Crippen molar-refractivity contribution in [3.63, 3.8) is 0 Å². The van der Waals surface area contributed by atoms with Crippen LogP contribution in [0.2, 0.25) is 0 Å². The van der Waals surface area contributed by atoms with Gasteiger partial charge < -0.3 is 10.5 Å². The zero-order chi connectivity index (χ0) is 12.8. The van der Waals surface area contributed by atoms with Gasteiger partial charge in [0.25, 0.3) is 0 Å². The van der Waals surface area contributed by atoms with Gasteiger partial charge in [0, 0.05) is 38.7 Å². The Morgan fingerprint density at radius 2 is 2.06 bits per heavy atom. The summed E-state index contributed by atoms with van der Waals surface area (Å²) in [7, 11) is 1.78. The zero-order valence-corrected chi connectivity index (χ0v) is 11.1. The first-order valence-corrected chi connectivity index (χ1v) is 6.68. The fourth-order valence-corrected chi connectivity index (χ4v) is 2.75. The maximum absolute atomic E-state index is 5.94. The number of methoxy groups -OCH3 is 1. The molecule has 1 atom stereocenters. The maximum Gasteiger partial charge on any atom is 0.0491 e. The highest BCUT2D eigenvalue weighted by atomic mass is 16.5. The molecule has 0 bridgehead atoms. The minimum Gasteiger partial charge on any atom is -0.384 e. The van der Waals surface area contributed by atoms with Crippen molar-refractivity contribution < 1.29 is 4.74 Å². The average Bonchev–Trinajstić information content (AvgIpc) is 2.43. The Kier molecular flexibility index (Phi) is 5.11. The van der Waals surface area contributed by atoms with Crippen LogP contribution in [0.3, 0.4) is 0 Å². The van der Waals surface area contributed by atoms with Gasteiger partial charge >= 0.3 is 0 Å². The monoisotopic (exact) mass is 249 g/mol. The number of hydrogen-bond donors (Lipinski definition) is 1. The molecule has 18 heavy (non-hydrogen) atoms. The third-order valence-electron chi connectivity index (χ3n) is 3.81. The SMILES string of the molecule is COCC1CCN(C(CN)c2ccncc2)CC1. The summed E-state index contributed by atoms with van der Waals surface area (Å²) < 4.78 is 5.24. The second-order valence-electron chi connectivity index (χ2n) is 4.97. The first-order valence-electron chi connectivity index (χ1n) is 6.68. The number of nitrogens with two attached hydrogens (primary N) is 1. The molecule has 1 aliphatic heterocycles. The van der Waals surface area contributed by atoms with E-state index in [1.54, 1.807) is 7.11 Å². The normalized spacial score (nSPS) is 19.9. The van der Waals surface area contributed by atoms with Gasteiger partial charge in [-0.25, -0.2) is 0 Å². The van der Waals surface area contributed by atoms with E-state index >= 15 is 0 Å². The lowest BCUT2D eigenvalue weighted by molar-refractivity contribution is 0.0810. The summed E-state index contributed by atoms with van der Waals surface area (Å²) in [6.45, 7) is 3.77. The van der Waals surface area contributed by atoms with Crippen LogP contribution in [0.5, 0.6) is 0 Å². The molecular weight excluding hydrogens is 226 g/mol. The van der Waals surface area contributed by atoms with E-state index in [9.17, 15) is 0 Å². The molecule has 1 aliphatic rings. The molecule has 0 aromatic carbocycles. The first-order chi connectivity index (χ1) is 8.85. The zero-order valence-electron chi connectivity index (χ0n) is 11.1. The summed E-state index contributed by atoms with van der Waals surface area (Å²) in [5.41, 5.74) is 7.22. The number of ether oxygens (including phenoxy) is 1. The van der Waals surface area contributed by atoms with Gasteiger partial charge in [0.15, 0.2) is 0 Å². The molecule has 1 fully saturated rings. The van der Waals surface area contributed by atoms with E-state index in [2.05, 4.69) is 22.0 Å². The number of nitrogens with zero attached hydrogens (tertiary/aromatic N) is 2. The van der Waals surface area contributed by atoms with Crippen LogP contribution in [0.25, 0.3) is 0 Å². The van der Waals surface area contributed by atoms with Crippen LogP contribution in [-0.2, 0) is 4.74 Å². The second kappa shape index (κ2) is 6.83. The van der Waals surface area contributed by atoms with Crippen molar-refractivity contribution in [1.29, 1.82) is 0 Å². The Morgan fingerprint density at radius 1 is 1.39 bits per heavy atom. The quantitative estimate of drug-likeness (QED) is 0.858. The molecule has 4 nitrogen and oxygen atoms in total. The Balaban J connectivity index is 1.95. The van der Waals surface area contributed by atoms with E-state index in [-0.39, 0.29) is 0 Å². The van der Waals surface area contributed by atoms with Crippen LogP contribution in [0, 0.1) is 5.92 Å². The van der Waals surface area contributed by atoms with Crippen molar-refractivity contribution in [3.8, 4) is 0 Å². The predicted octanol–water partition coefficient (Wildman–Crippen LogP) is 1.44. The molecule has 0 spiro atoms. The summed E-state index contributed by atoms with van der Waals surface area (Å²) in [5, 5.41) is 0. The maximum atomic E-state index is 5.94. The van der Waals surface area contributed by atoms with Gasteiger partial charge in [-0.2, -0.15) is 0 Å². The molecule has 1 aromatic rings. The predicted molar refractivity (Wildman–Crippen MR) is 72.2 cm³/mol. The highest BCUT2D eigenvalue weighted by Gasteiger charge is 2.25. The van der Waals surface area contributed by atoms with E-state index in [1.807, 2.05) is 12.4 Å². The molecule has 0 radical (unpaired) electrons. The van der Waals surface area contributed by atoms with Crippen LogP contribution in [0.1, 0.15) is 24.4 Å². The van der Waals surface area contributed by atoms with E-state index in [0.717, 1.165) is 19.7 Å². The molecule has 1 saturated heterocycles. The van der Waals surface area contributed by atoms with Crippen LogP contribution in [0.15, 0.2) is 24.5 Å². The van der Waals surface area contributed by atoms with Crippen LogP contribution >= 0.6 is 0 Å². The molecule has 0 aliphatic carbocycles. The molecule has 2 heterocycles. The van der Waals surface area contributed by atoms with E-state index in [1.165, 1.54) is 18.4 Å². The summed E-state index contributed by atoms with van der Waals surface area (Å²) in [6.07, 6.45) is 6.09. The van der Waals surface area contributed by atoms with Crippen molar-refractivity contribution in [1.82, 2.24) is 9.88 Å². The summed E-state index contributed by atoms with van der Waals surface area (Å²) in [6, 6.07) is 4.47. The topological polar surface area (TPSA) is 51.4 Å². The minimum atomic E-state index is 0.330. The van der Waals surface area contributed by atoms with Gasteiger partial charge in [0.05, 0.1) is 0 Å². The van der Waals surface area contributed by atoms with Crippen molar-refractivity contribution in [2.45, 2.75) is 18.9 Å². The lowest BCUT2D eigenvalue weighted by Gasteiger charge is -2.37. The van der Waals surface area contributed by atoms with E-state index < -0.39 is 0 Å². The van der Waals surface area contributed by atoms with Crippen molar-refractivity contribution in [2.75, 3.05) is 33.4 Å². The molecule has 4 heteroatoms. The average molecular weight is 249 g/mol. The number of rotatable bonds is 5.